The van der Waals surface area contributed by atoms with Crippen LogP contribution in [0.3, 0.4) is 0 Å². The third-order valence-electron chi connectivity index (χ3n) is 6.70. The summed E-state index contributed by atoms with van der Waals surface area (Å²) in [5.41, 5.74) is 0.894. The molecule has 1 aromatic carbocycles. The van der Waals surface area contributed by atoms with Gasteiger partial charge in [0.2, 0.25) is 0 Å². The Morgan fingerprint density at radius 2 is 1.61 bits per heavy atom. The van der Waals surface area contributed by atoms with E-state index in [1.165, 1.54) is 6.21 Å². The lowest BCUT2D eigenvalue weighted by atomic mass is 9.63. The van der Waals surface area contributed by atoms with Gasteiger partial charge in [0, 0.05) is 10.6 Å². The second kappa shape index (κ2) is 5.67. The van der Waals surface area contributed by atoms with Gasteiger partial charge in [0.25, 0.3) is 11.8 Å². The zero-order chi connectivity index (χ0) is 19.0. The molecular weight excluding hydrogens is 376 g/mol. The molecule has 0 unspecified atom stereocenters. The lowest BCUT2D eigenvalue weighted by Gasteiger charge is -2.37. The third-order valence-corrected chi connectivity index (χ3v) is 6.95. The Labute approximate surface area is 166 Å². The number of benzene rings is 1. The summed E-state index contributed by atoms with van der Waals surface area (Å²) in [6.07, 6.45) is 6.91. The maximum atomic E-state index is 12.9. The fourth-order valence-corrected chi connectivity index (χ4v) is 5.49. The minimum absolute atomic E-state index is 0.166. The highest BCUT2D eigenvalue weighted by atomic mass is 35.5. The van der Waals surface area contributed by atoms with Gasteiger partial charge in [-0.25, -0.2) is 0 Å². The second-order valence-corrected chi connectivity index (χ2v) is 8.53. The van der Waals surface area contributed by atoms with Gasteiger partial charge in [-0.2, -0.15) is 10.1 Å². The predicted octanol–water partition coefficient (Wildman–Crippen LogP) is 3.99. The van der Waals surface area contributed by atoms with Gasteiger partial charge in [0.15, 0.2) is 0 Å². The van der Waals surface area contributed by atoms with Crippen LogP contribution >= 0.6 is 11.6 Å². The first-order chi connectivity index (χ1) is 13.6. The van der Waals surface area contributed by atoms with Crippen molar-refractivity contribution in [2.24, 2.45) is 40.6 Å². The van der Waals surface area contributed by atoms with Gasteiger partial charge in [-0.05, 0) is 66.5 Å². The van der Waals surface area contributed by atoms with Crippen LogP contribution < -0.4 is 0 Å². The fraction of sp³-hybridized carbons (Fsp3) is 0.318. The molecule has 1 aromatic heterocycles. The molecule has 2 heterocycles. The largest absolute Gasteiger partial charge is 0.455 e. The molecule has 5 aliphatic rings. The van der Waals surface area contributed by atoms with Crippen LogP contribution in [-0.2, 0) is 9.59 Å². The van der Waals surface area contributed by atoms with Crippen molar-refractivity contribution in [3.63, 3.8) is 0 Å². The Morgan fingerprint density at radius 3 is 2.25 bits per heavy atom. The summed E-state index contributed by atoms with van der Waals surface area (Å²) in [5.74, 6) is 1.95. The number of carbonyl (C=O) groups is 2. The monoisotopic (exact) mass is 392 g/mol. The lowest BCUT2D eigenvalue weighted by molar-refractivity contribution is -0.140. The topological polar surface area (TPSA) is 62.9 Å². The molecule has 7 rings (SSSR count). The lowest BCUT2D eigenvalue weighted by Crippen LogP contribution is -2.40. The molecule has 0 N–H and O–H groups in total. The number of amides is 2. The van der Waals surface area contributed by atoms with Gasteiger partial charge < -0.3 is 4.42 Å². The van der Waals surface area contributed by atoms with Crippen LogP contribution in [0.5, 0.6) is 0 Å². The number of furan rings is 1. The van der Waals surface area contributed by atoms with Crippen molar-refractivity contribution in [1.29, 1.82) is 0 Å². The second-order valence-electron chi connectivity index (χ2n) is 8.10. The zero-order valence-corrected chi connectivity index (χ0v) is 15.6. The number of carbonyl (C=O) groups excluding carboxylic acids is 2. The summed E-state index contributed by atoms with van der Waals surface area (Å²) in [5, 5.41) is 5.93. The summed E-state index contributed by atoms with van der Waals surface area (Å²) in [6.45, 7) is 0. The molecule has 6 atom stereocenters. The van der Waals surface area contributed by atoms with Crippen molar-refractivity contribution in [1.82, 2.24) is 5.01 Å². The Balaban J connectivity index is 1.24. The van der Waals surface area contributed by atoms with Gasteiger partial charge in [0.05, 0.1) is 18.1 Å². The quantitative estimate of drug-likeness (QED) is 0.451. The van der Waals surface area contributed by atoms with Gasteiger partial charge in [-0.15, -0.1) is 0 Å². The molecule has 1 saturated heterocycles. The van der Waals surface area contributed by atoms with Gasteiger partial charge in [-0.3, -0.25) is 9.59 Å². The fourth-order valence-electron chi connectivity index (χ4n) is 5.36. The Bertz CT molecular complexity index is 1020. The molecule has 0 spiro atoms. The normalized spacial score (nSPS) is 35.0. The molecule has 2 amide bonds. The van der Waals surface area contributed by atoms with Crippen molar-refractivity contribution in [2.75, 3.05) is 0 Å². The number of hydrazone groups is 1. The number of rotatable bonds is 3. The van der Waals surface area contributed by atoms with E-state index in [2.05, 4.69) is 17.3 Å². The SMILES string of the molecule is O=C1[C@H]2[C@@H]3C=C[C@@H]([C@H]4C[C@H]34)[C@@H]2C(=O)N1/N=C\c1ccc(-c2ccc(Cl)cc2)o1. The van der Waals surface area contributed by atoms with E-state index >= 15 is 0 Å². The molecule has 2 aromatic rings. The molecule has 140 valence electrons. The van der Waals surface area contributed by atoms with E-state index in [1.807, 2.05) is 18.2 Å². The number of halogens is 1. The van der Waals surface area contributed by atoms with E-state index in [-0.39, 0.29) is 35.5 Å². The Morgan fingerprint density at radius 1 is 0.964 bits per heavy atom. The van der Waals surface area contributed by atoms with Crippen LogP contribution in [0.15, 0.2) is 58.1 Å². The molecule has 0 radical (unpaired) electrons. The molecule has 2 saturated carbocycles. The smallest absolute Gasteiger partial charge is 0.254 e. The molecule has 4 aliphatic carbocycles. The maximum absolute atomic E-state index is 12.9. The van der Waals surface area contributed by atoms with Crippen molar-refractivity contribution in [3.8, 4) is 11.3 Å². The number of nitrogens with zero attached hydrogens (tertiary/aromatic N) is 2. The van der Waals surface area contributed by atoms with Crippen LogP contribution in [0.2, 0.25) is 5.02 Å². The van der Waals surface area contributed by atoms with Crippen LogP contribution in [0.4, 0.5) is 0 Å². The number of hydrogen-bond acceptors (Lipinski definition) is 4. The van der Waals surface area contributed by atoms with Crippen LogP contribution in [0.1, 0.15) is 12.2 Å². The average molecular weight is 393 g/mol. The minimum Gasteiger partial charge on any atom is -0.455 e. The summed E-state index contributed by atoms with van der Waals surface area (Å²) >= 11 is 5.92. The van der Waals surface area contributed by atoms with Crippen LogP contribution in [0, 0.1) is 35.5 Å². The molecule has 5 nitrogen and oxygen atoms in total. The highest BCUT2D eigenvalue weighted by Gasteiger charge is 2.67. The first-order valence-electron chi connectivity index (χ1n) is 9.58. The molecule has 3 fully saturated rings. The van der Waals surface area contributed by atoms with Crippen LogP contribution in [0.25, 0.3) is 11.3 Å². The zero-order valence-electron chi connectivity index (χ0n) is 14.9. The predicted molar refractivity (Wildman–Crippen MR) is 103 cm³/mol. The standard InChI is InChI=1S/C22H17ClN2O3/c23-12-3-1-11(2-4-12)18-8-5-13(28-18)10-24-25-21(26)19-14-6-7-15(17-9-16(14)17)20(19)22(25)27/h1-8,10,14-17,19-20H,9H2/b24-10-/t14-,15+,16-,17-,19+,20+/m1/s1. The van der Waals surface area contributed by atoms with Crippen molar-refractivity contribution >= 4 is 29.6 Å². The molecule has 28 heavy (non-hydrogen) atoms. The summed E-state index contributed by atoms with van der Waals surface area (Å²) in [6, 6.07) is 10.9. The first kappa shape index (κ1) is 16.3. The van der Waals surface area contributed by atoms with E-state index in [9.17, 15) is 9.59 Å². The number of hydrogen-bond donors (Lipinski definition) is 0. The Kier molecular flexibility index (Phi) is 3.30. The maximum Gasteiger partial charge on any atom is 0.254 e. The van der Waals surface area contributed by atoms with E-state index in [1.54, 1.807) is 18.2 Å². The van der Waals surface area contributed by atoms with Gasteiger partial charge >= 0.3 is 0 Å². The number of imide groups is 1. The summed E-state index contributed by atoms with van der Waals surface area (Å²) < 4.78 is 5.78. The van der Waals surface area contributed by atoms with Crippen molar-refractivity contribution < 1.29 is 14.0 Å². The van der Waals surface area contributed by atoms with Crippen LogP contribution in [-0.4, -0.2) is 23.0 Å². The van der Waals surface area contributed by atoms with Crippen molar-refractivity contribution in [3.05, 3.63) is 59.3 Å². The van der Waals surface area contributed by atoms with Gasteiger partial charge in [0.1, 0.15) is 11.5 Å². The highest BCUT2D eigenvalue weighted by molar-refractivity contribution is 6.30. The van der Waals surface area contributed by atoms with E-state index in [0.29, 0.717) is 28.4 Å². The molecular formula is C22H17ClN2O3. The minimum atomic E-state index is -0.232. The van der Waals surface area contributed by atoms with E-state index < -0.39 is 0 Å². The molecule has 6 heteroatoms. The first-order valence-corrected chi connectivity index (χ1v) is 9.95. The average Bonchev–Trinajstić information content (AvgIpc) is 3.34. The highest BCUT2D eigenvalue weighted by Crippen LogP contribution is 2.65. The summed E-state index contributed by atoms with van der Waals surface area (Å²) in [7, 11) is 0. The third kappa shape index (κ3) is 2.23. The number of allylic oxidation sites excluding steroid dienone is 2. The van der Waals surface area contributed by atoms with E-state index in [4.69, 9.17) is 16.0 Å². The van der Waals surface area contributed by atoms with E-state index in [0.717, 1.165) is 17.0 Å². The molecule has 1 aliphatic heterocycles. The molecule has 2 bridgehead atoms. The van der Waals surface area contributed by atoms with Crippen molar-refractivity contribution in [2.45, 2.75) is 6.42 Å². The Hall–Kier alpha value is -2.66. The van der Waals surface area contributed by atoms with Gasteiger partial charge in [-0.1, -0.05) is 23.8 Å². The summed E-state index contributed by atoms with van der Waals surface area (Å²) in [4.78, 5) is 25.8.